The van der Waals surface area contributed by atoms with E-state index in [1.807, 2.05) is 0 Å². The molecule has 0 saturated carbocycles. The summed E-state index contributed by atoms with van der Waals surface area (Å²) in [6.45, 7) is 14.2. The van der Waals surface area contributed by atoms with E-state index < -0.39 is 0 Å². The number of benzene rings is 6. The molecular weight excluding hydrogens is 542 g/mol. The van der Waals surface area contributed by atoms with Gasteiger partial charge in [-0.1, -0.05) is 125 Å². The van der Waals surface area contributed by atoms with Crippen molar-refractivity contribution in [2.75, 3.05) is 4.90 Å². The zero-order chi connectivity index (χ0) is 30.7. The van der Waals surface area contributed by atoms with Crippen molar-refractivity contribution in [1.29, 1.82) is 0 Å². The molecule has 1 heteroatoms. The first-order valence-corrected chi connectivity index (χ1v) is 16.0. The number of para-hydroxylation sites is 1. The van der Waals surface area contributed by atoms with Gasteiger partial charge >= 0.3 is 0 Å². The summed E-state index contributed by atoms with van der Waals surface area (Å²) in [5, 5.41) is 0. The molecule has 3 aliphatic rings. The summed E-state index contributed by atoms with van der Waals surface area (Å²) in [6, 6.07) is 47.3. The summed E-state index contributed by atoms with van der Waals surface area (Å²) in [5.41, 5.74) is 20.1. The van der Waals surface area contributed by atoms with Gasteiger partial charge in [0.15, 0.2) is 0 Å². The highest BCUT2D eigenvalue weighted by atomic mass is 15.2. The third kappa shape index (κ3) is 3.50. The Balaban J connectivity index is 1.25. The Morgan fingerprint density at radius 1 is 0.422 bits per heavy atom. The molecule has 6 aromatic carbocycles. The second-order valence-electron chi connectivity index (χ2n) is 13.9. The van der Waals surface area contributed by atoms with Gasteiger partial charge in [-0.25, -0.2) is 0 Å². The van der Waals surface area contributed by atoms with Gasteiger partial charge in [-0.3, -0.25) is 0 Å². The van der Waals surface area contributed by atoms with E-state index in [1.54, 1.807) is 0 Å². The molecule has 0 N–H and O–H groups in total. The van der Waals surface area contributed by atoms with Crippen LogP contribution in [0, 0.1) is 0 Å². The third-order valence-corrected chi connectivity index (χ3v) is 10.7. The number of fused-ring (bicyclic) bond motifs is 7. The molecule has 2 heterocycles. The van der Waals surface area contributed by atoms with Crippen molar-refractivity contribution < 1.29 is 0 Å². The highest BCUT2D eigenvalue weighted by Gasteiger charge is 2.42. The van der Waals surface area contributed by atoms with Crippen molar-refractivity contribution in [3.63, 3.8) is 0 Å². The quantitative estimate of drug-likeness (QED) is 0.198. The minimum absolute atomic E-state index is 0.0345. The van der Waals surface area contributed by atoms with Crippen molar-refractivity contribution in [2.24, 2.45) is 0 Å². The standard InChI is InChI=1S/C44H35N/c1-27-34-23-29(30-19-21-33-32-15-9-10-16-36(32)43(2,3)38(33)25-30)20-22-40(34)45-41-18-12-11-17-37(41)44(4,5)39-26-31(24-35(27)42(39)45)28-13-7-6-8-14-28/h6-26H,1H2,2-5H3. The van der Waals surface area contributed by atoms with E-state index in [0.29, 0.717) is 0 Å². The van der Waals surface area contributed by atoms with Crippen molar-refractivity contribution in [1.82, 2.24) is 0 Å². The van der Waals surface area contributed by atoms with Crippen LogP contribution in [0.1, 0.15) is 61.1 Å². The molecule has 0 amide bonds. The Kier molecular flexibility index (Phi) is 5.23. The maximum atomic E-state index is 4.79. The highest BCUT2D eigenvalue weighted by molar-refractivity contribution is 6.05. The molecule has 0 atom stereocenters. The van der Waals surface area contributed by atoms with Crippen LogP contribution in [0.5, 0.6) is 0 Å². The SMILES string of the molecule is C=C1c2cc(-c3ccc4c(c3)C(C)(C)c3ccccc3-4)ccc2N2c3ccccc3C(C)(C)c3cc(-c4ccccc4)cc1c32. The second kappa shape index (κ2) is 8.96. The summed E-state index contributed by atoms with van der Waals surface area (Å²) in [4.78, 5) is 2.50. The summed E-state index contributed by atoms with van der Waals surface area (Å²) in [5.74, 6) is 0. The smallest absolute Gasteiger partial charge is 0.0581 e. The maximum absolute atomic E-state index is 4.79. The van der Waals surface area contributed by atoms with E-state index in [9.17, 15) is 0 Å². The first kappa shape index (κ1) is 26.3. The van der Waals surface area contributed by atoms with Gasteiger partial charge in [0.25, 0.3) is 0 Å². The van der Waals surface area contributed by atoms with Crippen molar-refractivity contribution in [3.05, 3.63) is 167 Å². The van der Waals surface area contributed by atoms with E-state index in [-0.39, 0.29) is 10.8 Å². The van der Waals surface area contributed by atoms with Gasteiger partial charge in [-0.15, -0.1) is 0 Å². The molecule has 45 heavy (non-hydrogen) atoms. The molecule has 216 valence electrons. The third-order valence-electron chi connectivity index (χ3n) is 10.7. The lowest BCUT2D eigenvalue weighted by atomic mass is 9.70. The highest BCUT2D eigenvalue weighted by Crippen LogP contribution is 2.59. The molecule has 0 spiro atoms. The van der Waals surface area contributed by atoms with Crippen molar-refractivity contribution in [2.45, 2.75) is 38.5 Å². The van der Waals surface area contributed by atoms with Crippen molar-refractivity contribution in [3.8, 4) is 33.4 Å². The van der Waals surface area contributed by atoms with Crippen LogP contribution in [0.3, 0.4) is 0 Å². The Hall–Kier alpha value is -5.14. The fourth-order valence-corrected chi connectivity index (χ4v) is 8.27. The molecule has 0 radical (unpaired) electrons. The van der Waals surface area contributed by atoms with E-state index in [4.69, 9.17) is 6.58 Å². The lowest BCUT2D eigenvalue weighted by molar-refractivity contribution is 0.631. The molecule has 2 aliphatic heterocycles. The van der Waals surface area contributed by atoms with Gasteiger partial charge in [0.05, 0.1) is 17.1 Å². The average molecular weight is 578 g/mol. The topological polar surface area (TPSA) is 3.24 Å². The van der Waals surface area contributed by atoms with E-state index in [1.165, 1.54) is 83.8 Å². The predicted octanol–water partition coefficient (Wildman–Crippen LogP) is 11.8. The zero-order valence-electron chi connectivity index (χ0n) is 26.3. The van der Waals surface area contributed by atoms with E-state index >= 15 is 0 Å². The number of hydrogen-bond acceptors (Lipinski definition) is 1. The van der Waals surface area contributed by atoms with Crippen LogP contribution < -0.4 is 4.90 Å². The first-order chi connectivity index (χ1) is 21.7. The minimum Gasteiger partial charge on any atom is -0.309 e. The molecule has 1 nitrogen and oxygen atoms in total. The maximum Gasteiger partial charge on any atom is 0.0581 e. The molecule has 1 aliphatic carbocycles. The molecule has 0 bridgehead atoms. The van der Waals surface area contributed by atoms with Crippen molar-refractivity contribution >= 4 is 22.6 Å². The summed E-state index contributed by atoms with van der Waals surface area (Å²) >= 11 is 0. The van der Waals surface area contributed by atoms with E-state index in [0.717, 1.165) is 5.57 Å². The number of hydrogen-bond donors (Lipinski definition) is 0. The van der Waals surface area contributed by atoms with Gasteiger partial charge < -0.3 is 4.90 Å². The summed E-state index contributed by atoms with van der Waals surface area (Å²) in [6.07, 6.45) is 0. The molecule has 0 aromatic heterocycles. The lowest BCUT2D eigenvalue weighted by Gasteiger charge is -2.46. The summed E-state index contributed by atoms with van der Waals surface area (Å²) in [7, 11) is 0. The molecule has 9 rings (SSSR count). The largest absolute Gasteiger partial charge is 0.309 e. The van der Waals surface area contributed by atoms with E-state index in [2.05, 4.69) is 160 Å². The fraction of sp³-hybridized carbons (Fsp3) is 0.136. The Labute approximate surface area is 266 Å². The van der Waals surface area contributed by atoms with Crippen LogP contribution in [0.2, 0.25) is 0 Å². The van der Waals surface area contributed by atoms with Gasteiger partial charge in [-0.05, 0) is 97.6 Å². The Bertz CT molecular complexity index is 2230. The predicted molar refractivity (Wildman–Crippen MR) is 190 cm³/mol. The van der Waals surface area contributed by atoms with Gasteiger partial charge in [-0.2, -0.15) is 0 Å². The zero-order valence-corrected chi connectivity index (χ0v) is 26.3. The molecule has 0 unspecified atom stereocenters. The van der Waals surface area contributed by atoms with Gasteiger partial charge in [0.2, 0.25) is 0 Å². The van der Waals surface area contributed by atoms with Crippen LogP contribution in [-0.2, 0) is 10.8 Å². The van der Waals surface area contributed by atoms with Crippen LogP contribution in [0.4, 0.5) is 17.1 Å². The van der Waals surface area contributed by atoms with Gasteiger partial charge in [0.1, 0.15) is 0 Å². The minimum atomic E-state index is -0.158. The van der Waals surface area contributed by atoms with Gasteiger partial charge in [0, 0.05) is 22.0 Å². The monoisotopic (exact) mass is 577 g/mol. The Morgan fingerprint density at radius 3 is 1.84 bits per heavy atom. The summed E-state index contributed by atoms with van der Waals surface area (Å²) < 4.78 is 0. The molecule has 0 fully saturated rings. The lowest BCUT2D eigenvalue weighted by Crippen LogP contribution is -2.33. The Morgan fingerprint density at radius 2 is 1.02 bits per heavy atom. The number of anilines is 3. The molecular formula is C44H35N. The molecule has 0 saturated heterocycles. The number of rotatable bonds is 2. The average Bonchev–Trinajstić information content (AvgIpc) is 3.30. The van der Waals surface area contributed by atoms with Crippen LogP contribution in [0.25, 0.3) is 39.0 Å². The normalized spacial score (nSPS) is 15.9. The first-order valence-electron chi connectivity index (χ1n) is 16.0. The second-order valence-corrected chi connectivity index (χ2v) is 13.9. The number of nitrogens with zero attached hydrogens (tertiary/aromatic N) is 1. The van der Waals surface area contributed by atoms with Crippen LogP contribution in [-0.4, -0.2) is 0 Å². The fourth-order valence-electron chi connectivity index (χ4n) is 8.27. The molecule has 6 aromatic rings. The van der Waals surface area contributed by atoms with Crippen LogP contribution >= 0.6 is 0 Å². The van der Waals surface area contributed by atoms with Crippen LogP contribution in [0.15, 0.2) is 134 Å².